The molecule has 0 spiro atoms. The topological polar surface area (TPSA) is 83.6 Å². The summed E-state index contributed by atoms with van der Waals surface area (Å²) in [7, 11) is 0. The van der Waals surface area contributed by atoms with Crippen molar-refractivity contribution in [2.45, 2.75) is 38.3 Å². The number of carboxylic acid groups (broad SMARTS) is 1. The lowest BCUT2D eigenvalue weighted by molar-refractivity contribution is -0.135. The summed E-state index contributed by atoms with van der Waals surface area (Å²) in [6, 6.07) is 35.3. The second-order valence-corrected chi connectivity index (χ2v) is 10.9. The average molecular weight is 557 g/mol. The number of hydrogen-bond acceptors (Lipinski definition) is 4. The van der Waals surface area contributed by atoms with Gasteiger partial charge >= 0.3 is 5.97 Å². The summed E-state index contributed by atoms with van der Waals surface area (Å²) in [6.45, 7) is 0.323. The van der Waals surface area contributed by atoms with Crippen LogP contribution in [0.1, 0.15) is 50.8 Å². The van der Waals surface area contributed by atoms with Gasteiger partial charge in [0.1, 0.15) is 0 Å². The first-order valence-corrected chi connectivity index (χ1v) is 14.3. The minimum Gasteiger partial charge on any atom is -0.478 e. The number of nitrogens with zero attached hydrogens (tertiary/aromatic N) is 2. The van der Waals surface area contributed by atoms with E-state index in [0.717, 1.165) is 36.0 Å². The van der Waals surface area contributed by atoms with Crippen molar-refractivity contribution in [1.82, 2.24) is 10.1 Å². The van der Waals surface area contributed by atoms with E-state index in [1.54, 1.807) is 24.4 Å². The number of aromatic carboxylic acids is 1. The quantitative estimate of drug-likeness (QED) is 0.208. The van der Waals surface area contributed by atoms with E-state index in [4.69, 9.17) is 4.52 Å². The molecule has 1 aliphatic carbocycles. The average Bonchev–Trinajstić information content (AvgIpc) is 3.54. The second-order valence-electron chi connectivity index (χ2n) is 10.9. The number of hydrogen-bond donors (Lipinski definition) is 1. The van der Waals surface area contributed by atoms with Crippen molar-refractivity contribution in [3.05, 3.63) is 149 Å². The normalized spacial score (nSPS) is 16.0. The molecule has 210 valence electrons. The Kier molecular flexibility index (Phi) is 7.95. The Hall–Kier alpha value is -4.97. The summed E-state index contributed by atoms with van der Waals surface area (Å²) in [5, 5.41) is 13.3. The summed E-state index contributed by atoms with van der Waals surface area (Å²) in [6.07, 6.45) is 4.65. The zero-order chi connectivity index (χ0) is 28.9. The van der Waals surface area contributed by atoms with Crippen molar-refractivity contribution in [1.29, 1.82) is 0 Å². The first-order valence-electron chi connectivity index (χ1n) is 14.3. The molecule has 2 unspecified atom stereocenters. The van der Waals surface area contributed by atoms with E-state index in [0.29, 0.717) is 12.3 Å². The molecule has 4 aromatic carbocycles. The summed E-state index contributed by atoms with van der Waals surface area (Å²) in [5.74, 6) is -0.0879. The second kappa shape index (κ2) is 12.3. The van der Waals surface area contributed by atoms with Crippen LogP contribution in [0, 0.1) is 5.92 Å². The SMILES string of the molecule is O=C(O)c1cccc(-c2cccc(CC(=O)N(Cc3ccno3)C3c4ccccc4CCC3Cc3ccccc3)c2)c1. The minimum atomic E-state index is -0.968. The van der Waals surface area contributed by atoms with E-state index in [1.165, 1.54) is 16.7 Å². The fraction of sp³-hybridized carbons (Fsp3) is 0.194. The van der Waals surface area contributed by atoms with E-state index < -0.39 is 5.97 Å². The standard InChI is InChI=1S/C36H32N2O4/c39-34(22-26-10-6-12-28(21-26)29-13-7-14-31(23-29)36(40)41)38(24-32-18-19-37-42-32)35-30(20-25-8-2-1-3-9-25)17-16-27-11-4-5-15-33(27)35/h1-15,18-19,21,23,30,35H,16-17,20,22,24H2,(H,40,41). The van der Waals surface area contributed by atoms with Crippen molar-refractivity contribution in [2.24, 2.45) is 5.92 Å². The van der Waals surface area contributed by atoms with Crippen molar-refractivity contribution < 1.29 is 19.2 Å². The van der Waals surface area contributed by atoms with Crippen LogP contribution in [0.5, 0.6) is 0 Å². The number of benzene rings is 4. The first-order chi connectivity index (χ1) is 20.5. The van der Waals surface area contributed by atoms with Gasteiger partial charge in [0.15, 0.2) is 5.76 Å². The number of fused-ring (bicyclic) bond motifs is 1. The van der Waals surface area contributed by atoms with Crippen LogP contribution in [0.4, 0.5) is 0 Å². The van der Waals surface area contributed by atoms with E-state index >= 15 is 0 Å². The molecule has 1 aromatic heterocycles. The Labute approximate surface area is 245 Å². The predicted molar refractivity (Wildman–Crippen MR) is 161 cm³/mol. The van der Waals surface area contributed by atoms with Crippen molar-refractivity contribution in [3.63, 3.8) is 0 Å². The van der Waals surface area contributed by atoms with Gasteiger partial charge in [0.05, 0.1) is 30.8 Å². The molecule has 0 fully saturated rings. The van der Waals surface area contributed by atoms with Gasteiger partial charge < -0.3 is 14.5 Å². The molecule has 6 nitrogen and oxygen atoms in total. The van der Waals surface area contributed by atoms with Crippen molar-refractivity contribution in [3.8, 4) is 11.1 Å². The lowest BCUT2D eigenvalue weighted by Gasteiger charge is -2.41. The molecule has 0 saturated heterocycles. The Morgan fingerprint density at radius 1 is 0.833 bits per heavy atom. The number of aryl methyl sites for hydroxylation is 1. The number of carbonyl (C=O) groups is 2. The van der Waals surface area contributed by atoms with Gasteiger partial charge in [-0.1, -0.05) is 96.2 Å². The van der Waals surface area contributed by atoms with E-state index in [1.807, 2.05) is 47.4 Å². The summed E-state index contributed by atoms with van der Waals surface area (Å²) < 4.78 is 5.51. The highest BCUT2D eigenvalue weighted by molar-refractivity contribution is 5.89. The smallest absolute Gasteiger partial charge is 0.335 e. The molecule has 6 heteroatoms. The number of carboxylic acids is 1. The molecule has 2 atom stereocenters. The maximum Gasteiger partial charge on any atom is 0.335 e. The van der Waals surface area contributed by atoms with Crippen LogP contribution >= 0.6 is 0 Å². The van der Waals surface area contributed by atoms with Crippen LogP contribution in [0.15, 0.2) is 120 Å². The molecule has 1 aliphatic rings. The third-order valence-corrected chi connectivity index (χ3v) is 8.14. The van der Waals surface area contributed by atoms with Gasteiger partial charge in [-0.3, -0.25) is 4.79 Å². The molecule has 1 heterocycles. The number of carbonyl (C=O) groups excluding carboxylic acids is 1. The predicted octanol–water partition coefficient (Wildman–Crippen LogP) is 7.16. The molecule has 42 heavy (non-hydrogen) atoms. The number of amides is 1. The molecule has 0 aliphatic heterocycles. The Morgan fingerprint density at radius 2 is 1.57 bits per heavy atom. The first kappa shape index (κ1) is 27.2. The highest BCUT2D eigenvalue weighted by Gasteiger charge is 2.36. The third-order valence-electron chi connectivity index (χ3n) is 8.14. The molecule has 1 amide bonds. The lowest BCUT2D eigenvalue weighted by atomic mass is 9.76. The van der Waals surface area contributed by atoms with Crippen LogP contribution in [-0.2, 0) is 30.6 Å². The van der Waals surface area contributed by atoms with Gasteiger partial charge in [0.2, 0.25) is 5.91 Å². The largest absolute Gasteiger partial charge is 0.478 e. The van der Waals surface area contributed by atoms with E-state index in [9.17, 15) is 14.7 Å². The zero-order valence-electron chi connectivity index (χ0n) is 23.2. The molecule has 6 rings (SSSR count). The summed E-state index contributed by atoms with van der Waals surface area (Å²) in [4.78, 5) is 27.8. The molecule has 0 bridgehead atoms. The van der Waals surface area contributed by atoms with Crippen molar-refractivity contribution in [2.75, 3.05) is 0 Å². The van der Waals surface area contributed by atoms with Crippen LogP contribution in [0.2, 0.25) is 0 Å². The fourth-order valence-corrected chi connectivity index (χ4v) is 6.16. The van der Waals surface area contributed by atoms with Gasteiger partial charge in [-0.05, 0) is 70.7 Å². The van der Waals surface area contributed by atoms with Crippen LogP contribution in [0.25, 0.3) is 11.1 Å². The van der Waals surface area contributed by atoms with Gasteiger partial charge in [-0.15, -0.1) is 0 Å². The molecular weight excluding hydrogens is 524 g/mol. The molecule has 5 aromatic rings. The highest BCUT2D eigenvalue weighted by atomic mass is 16.5. The van der Waals surface area contributed by atoms with E-state index in [-0.39, 0.29) is 29.9 Å². The lowest BCUT2D eigenvalue weighted by Crippen LogP contribution is -2.41. The molecule has 1 N–H and O–H groups in total. The molecule has 0 radical (unpaired) electrons. The van der Waals surface area contributed by atoms with E-state index in [2.05, 4.69) is 53.7 Å². The fourth-order valence-electron chi connectivity index (χ4n) is 6.16. The summed E-state index contributed by atoms with van der Waals surface area (Å²) >= 11 is 0. The van der Waals surface area contributed by atoms with Gasteiger partial charge in [-0.2, -0.15) is 0 Å². The van der Waals surface area contributed by atoms with Gasteiger partial charge in [0.25, 0.3) is 0 Å². The zero-order valence-corrected chi connectivity index (χ0v) is 23.2. The van der Waals surface area contributed by atoms with Gasteiger partial charge in [0, 0.05) is 6.07 Å². The van der Waals surface area contributed by atoms with Gasteiger partial charge in [-0.25, -0.2) is 4.79 Å². The molecule has 0 saturated carbocycles. The monoisotopic (exact) mass is 556 g/mol. The highest BCUT2D eigenvalue weighted by Crippen LogP contribution is 2.41. The van der Waals surface area contributed by atoms with Crippen LogP contribution in [0.3, 0.4) is 0 Å². The van der Waals surface area contributed by atoms with Crippen molar-refractivity contribution >= 4 is 11.9 Å². The Morgan fingerprint density at radius 3 is 2.36 bits per heavy atom. The van der Waals surface area contributed by atoms with Crippen LogP contribution < -0.4 is 0 Å². The maximum absolute atomic E-state index is 14.3. The molecular formula is C36H32N2O4. The summed E-state index contributed by atoms with van der Waals surface area (Å²) in [5.41, 5.74) is 6.49. The van der Waals surface area contributed by atoms with Crippen LogP contribution in [-0.4, -0.2) is 27.0 Å². The number of rotatable bonds is 9. The third kappa shape index (κ3) is 6.03. The Balaban J connectivity index is 1.34. The Bertz CT molecular complexity index is 1680. The number of aromatic nitrogens is 1. The minimum absolute atomic E-state index is 0.00241. The maximum atomic E-state index is 14.3.